The van der Waals surface area contributed by atoms with E-state index in [1.54, 1.807) is 37.3 Å². The Labute approximate surface area is 250 Å². The Bertz CT molecular complexity index is 2290. The Morgan fingerprint density at radius 1 is 0.636 bits per heavy atom. The third-order valence-corrected chi connectivity index (χ3v) is 8.42. The van der Waals surface area contributed by atoms with Crippen LogP contribution in [0.1, 0.15) is 11.1 Å². The molecule has 0 unspecified atom stereocenters. The van der Waals surface area contributed by atoms with Crippen molar-refractivity contribution in [2.45, 2.75) is 23.6 Å². The molecule has 5 rings (SSSR count). The van der Waals surface area contributed by atoms with Crippen molar-refractivity contribution in [1.29, 1.82) is 0 Å². The summed E-state index contributed by atoms with van der Waals surface area (Å²) < 4.78 is 66.8. The van der Waals surface area contributed by atoms with Crippen molar-refractivity contribution in [2.24, 2.45) is 20.5 Å². The highest BCUT2D eigenvalue weighted by Crippen LogP contribution is 2.47. The Morgan fingerprint density at radius 2 is 1.23 bits per heavy atom. The number of aryl methyl sites for hydroxylation is 2. The SMILES string of the molecule is Cc1cc2c(N=Nc3c(C)cc4cc(S(=O)(=O)O)cc(S(=O)(=O)O)c4c3O)c(O)ccc2c(O)c1N=Nc1ccc(N)cc1. The Balaban J connectivity index is 1.66. The van der Waals surface area contributed by atoms with Crippen molar-refractivity contribution < 1.29 is 41.3 Å². The Morgan fingerprint density at radius 3 is 1.86 bits per heavy atom. The molecule has 44 heavy (non-hydrogen) atoms. The molecule has 0 fully saturated rings. The first kappa shape index (κ1) is 30.3. The van der Waals surface area contributed by atoms with Crippen molar-refractivity contribution in [2.75, 3.05) is 5.73 Å². The molecule has 5 aromatic rings. The van der Waals surface area contributed by atoms with E-state index >= 15 is 0 Å². The van der Waals surface area contributed by atoms with Crippen LogP contribution in [-0.2, 0) is 20.2 Å². The highest BCUT2D eigenvalue weighted by atomic mass is 32.2. The van der Waals surface area contributed by atoms with E-state index in [1.165, 1.54) is 25.1 Å². The van der Waals surface area contributed by atoms with Crippen LogP contribution in [0.4, 0.5) is 28.4 Å². The molecular weight excluding hydrogens is 614 g/mol. The van der Waals surface area contributed by atoms with Crippen LogP contribution < -0.4 is 5.73 Å². The number of azo groups is 2. The maximum atomic E-state index is 12.1. The molecule has 226 valence electrons. The summed E-state index contributed by atoms with van der Waals surface area (Å²) in [7, 11) is -9.98. The molecule has 14 nitrogen and oxygen atoms in total. The predicted molar refractivity (Wildman–Crippen MR) is 161 cm³/mol. The van der Waals surface area contributed by atoms with E-state index in [9.17, 15) is 41.3 Å². The lowest BCUT2D eigenvalue weighted by atomic mass is 10.0. The molecule has 0 heterocycles. The van der Waals surface area contributed by atoms with Gasteiger partial charge in [0.2, 0.25) is 0 Å². The molecule has 5 aromatic carbocycles. The third kappa shape index (κ3) is 5.61. The average Bonchev–Trinajstić information content (AvgIpc) is 2.93. The van der Waals surface area contributed by atoms with Gasteiger partial charge in [-0.1, -0.05) is 0 Å². The molecular formula is C28H23N5O9S2. The topological polar surface area (TPSA) is 245 Å². The van der Waals surface area contributed by atoms with Gasteiger partial charge in [0.25, 0.3) is 20.2 Å². The van der Waals surface area contributed by atoms with Crippen molar-refractivity contribution in [3.63, 3.8) is 0 Å². The molecule has 0 aliphatic carbocycles. The summed E-state index contributed by atoms with van der Waals surface area (Å²) >= 11 is 0. The monoisotopic (exact) mass is 637 g/mol. The van der Waals surface area contributed by atoms with Gasteiger partial charge in [-0.3, -0.25) is 9.11 Å². The summed E-state index contributed by atoms with van der Waals surface area (Å²) in [6.45, 7) is 3.11. The third-order valence-electron chi connectivity index (χ3n) is 6.71. The largest absolute Gasteiger partial charge is 0.506 e. The number of hydrogen-bond donors (Lipinski definition) is 6. The van der Waals surface area contributed by atoms with E-state index < -0.39 is 41.2 Å². The Hall–Kier alpha value is -5.16. The number of phenolic OH excluding ortho intramolecular Hbond substituents is 3. The fourth-order valence-electron chi connectivity index (χ4n) is 4.59. The fourth-order valence-corrected chi connectivity index (χ4v) is 5.96. The molecule has 0 saturated carbocycles. The van der Waals surface area contributed by atoms with E-state index in [1.807, 2.05) is 0 Å². The molecule has 0 atom stereocenters. The smallest absolute Gasteiger partial charge is 0.295 e. The van der Waals surface area contributed by atoms with Crippen LogP contribution in [0.15, 0.2) is 90.9 Å². The second-order valence-electron chi connectivity index (χ2n) is 9.77. The van der Waals surface area contributed by atoms with Gasteiger partial charge in [-0.25, -0.2) is 0 Å². The number of anilines is 1. The van der Waals surface area contributed by atoms with Crippen LogP contribution in [-0.4, -0.2) is 41.3 Å². The summed E-state index contributed by atoms with van der Waals surface area (Å²) in [4.78, 5) is -1.82. The van der Waals surface area contributed by atoms with Gasteiger partial charge in [0, 0.05) is 21.8 Å². The van der Waals surface area contributed by atoms with Crippen LogP contribution in [0.2, 0.25) is 0 Å². The first-order valence-electron chi connectivity index (χ1n) is 12.5. The van der Waals surface area contributed by atoms with Gasteiger partial charge >= 0.3 is 0 Å². The van der Waals surface area contributed by atoms with Gasteiger partial charge in [0.05, 0.1) is 10.6 Å². The molecule has 0 bridgehead atoms. The normalized spacial score (nSPS) is 12.6. The van der Waals surface area contributed by atoms with Crippen molar-refractivity contribution in [3.05, 3.63) is 71.8 Å². The maximum absolute atomic E-state index is 12.1. The maximum Gasteiger partial charge on any atom is 0.295 e. The second-order valence-corrected chi connectivity index (χ2v) is 12.6. The van der Waals surface area contributed by atoms with Gasteiger partial charge in [-0.05, 0) is 91.0 Å². The molecule has 0 aliphatic rings. The fraction of sp³-hybridized carbons (Fsp3) is 0.0714. The van der Waals surface area contributed by atoms with E-state index in [-0.39, 0.29) is 50.3 Å². The highest BCUT2D eigenvalue weighted by molar-refractivity contribution is 7.86. The van der Waals surface area contributed by atoms with Crippen LogP contribution in [0, 0.1) is 13.8 Å². The molecule has 0 amide bonds. The summed E-state index contributed by atoms with van der Waals surface area (Å²) in [5.74, 6) is -1.37. The number of rotatable bonds is 6. The van der Waals surface area contributed by atoms with Crippen LogP contribution in [0.25, 0.3) is 21.5 Å². The zero-order valence-corrected chi connectivity index (χ0v) is 24.5. The molecule has 0 spiro atoms. The van der Waals surface area contributed by atoms with E-state index in [4.69, 9.17) is 5.73 Å². The van der Waals surface area contributed by atoms with Gasteiger partial charge in [-0.15, -0.1) is 15.3 Å². The lowest BCUT2D eigenvalue weighted by Gasteiger charge is -2.13. The minimum atomic E-state index is -5.10. The number of nitrogen functional groups attached to an aromatic ring is 1. The molecule has 0 radical (unpaired) electrons. The average molecular weight is 638 g/mol. The molecule has 0 aliphatic heterocycles. The molecule has 7 N–H and O–H groups in total. The summed E-state index contributed by atoms with van der Waals surface area (Å²) in [6, 6.07) is 13.6. The quantitative estimate of drug-likeness (QED) is 0.0658. The predicted octanol–water partition coefficient (Wildman–Crippen LogP) is 6.63. The number of fused-ring (bicyclic) bond motifs is 2. The van der Waals surface area contributed by atoms with Gasteiger partial charge in [-0.2, -0.15) is 21.9 Å². The van der Waals surface area contributed by atoms with Gasteiger partial charge < -0.3 is 21.1 Å². The number of aromatic hydroxyl groups is 3. The number of hydrogen-bond acceptors (Lipinski definition) is 12. The number of nitrogens with zero attached hydrogens (tertiary/aromatic N) is 4. The Kier molecular flexibility index (Phi) is 7.46. The lowest BCUT2D eigenvalue weighted by molar-refractivity contribution is 0.473. The minimum Gasteiger partial charge on any atom is -0.506 e. The lowest BCUT2D eigenvalue weighted by Crippen LogP contribution is -2.04. The zero-order valence-electron chi connectivity index (χ0n) is 22.8. The van der Waals surface area contributed by atoms with E-state index in [0.717, 1.165) is 6.07 Å². The first-order valence-corrected chi connectivity index (χ1v) is 15.4. The second kappa shape index (κ2) is 10.8. The van der Waals surface area contributed by atoms with E-state index in [0.29, 0.717) is 23.0 Å². The van der Waals surface area contributed by atoms with Crippen molar-refractivity contribution in [3.8, 4) is 17.2 Å². The summed E-state index contributed by atoms with van der Waals surface area (Å²) in [5.41, 5.74) is 7.17. The van der Waals surface area contributed by atoms with Gasteiger partial charge in [0.15, 0.2) is 11.5 Å². The summed E-state index contributed by atoms with van der Waals surface area (Å²) in [5, 5.41) is 49.0. The first-order chi connectivity index (χ1) is 20.6. The van der Waals surface area contributed by atoms with Crippen LogP contribution >= 0.6 is 0 Å². The zero-order chi connectivity index (χ0) is 32.1. The van der Waals surface area contributed by atoms with Gasteiger partial charge in [0.1, 0.15) is 27.7 Å². The molecule has 16 heteroatoms. The van der Waals surface area contributed by atoms with Crippen LogP contribution in [0.5, 0.6) is 17.2 Å². The van der Waals surface area contributed by atoms with E-state index in [2.05, 4.69) is 20.5 Å². The highest BCUT2D eigenvalue weighted by Gasteiger charge is 2.25. The van der Waals surface area contributed by atoms with Crippen LogP contribution in [0.3, 0.4) is 0 Å². The molecule has 0 saturated heterocycles. The van der Waals surface area contributed by atoms with Crippen molar-refractivity contribution in [1.82, 2.24) is 0 Å². The van der Waals surface area contributed by atoms with Crippen molar-refractivity contribution >= 4 is 70.2 Å². The standard InChI is InChI=1S/C28H23N5O9S2/c1-13-9-15-11-18(43(37,38)39)12-22(44(40,41)42)23(15)28(36)25(13)32-33-26-20-10-14(2)24(27(35)19(20)7-8-21(26)34)31-30-17-5-3-16(29)4-6-17/h3-12,34-36H,29H2,1-2H3,(H,37,38,39)(H,40,41,42). The number of phenols is 3. The number of benzene rings is 5. The summed E-state index contributed by atoms with van der Waals surface area (Å²) in [6.07, 6.45) is 0. The molecule has 0 aromatic heterocycles. The number of nitrogens with two attached hydrogens (primary N) is 1. The minimum absolute atomic E-state index is 0.112.